The Morgan fingerprint density at radius 3 is 2.20 bits per heavy atom. The molecule has 0 aliphatic carbocycles. The van der Waals surface area contributed by atoms with Gasteiger partial charge in [0, 0.05) is 6.42 Å². The maximum atomic E-state index is 11.3. The van der Waals surface area contributed by atoms with Crippen LogP contribution < -0.4 is 15.1 Å². The molecular weight excluding hydrogens is 905 g/mol. The van der Waals surface area contributed by atoms with Crippen LogP contribution in [0.25, 0.3) is 0 Å². The van der Waals surface area contributed by atoms with Crippen molar-refractivity contribution in [2.45, 2.75) is 167 Å². The fourth-order valence-corrected chi connectivity index (χ4v) is 13.2. The first-order valence-electron chi connectivity index (χ1n) is 25.4. The van der Waals surface area contributed by atoms with E-state index in [4.69, 9.17) is 32.2 Å². The van der Waals surface area contributed by atoms with Crippen molar-refractivity contribution in [3.63, 3.8) is 0 Å². The standard InChI is InChI=1S/C60H84O8Si2/c1-46-38-40-63-53(43-46)36-37-58(67-69(11,12)60(7,8)9)57(64-45-49-32-34-51(62-10)35-33-49)31-21-23-50(61)42-47(2)41-48(3)44-54-26-22-25-52(66-54)24-19-20-39-65-70(68-59(4,5)6,55-27-15-13-16-28-55)56-29-17-14-18-30-56/h13-18,21-23,25,27-30,32-38,48,50,52-54,57-58,61H,2,24,26,31,39-45H2,1,3-12H3/b23-21+,37-36+/t48-,50?,52+,53+,54-,57-,58-/m0/s1. The van der Waals surface area contributed by atoms with E-state index in [1.165, 1.54) is 5.57 Å². The third kappa shape index (κ3) is 18.5. The molecule has 8 nitrogen and oxygen atoms in total. The van der Waals surface area contributed by atoms with E-state index in [2.05, 4.69) is 142 Å². The van der Waals surface area contributed by atoms with E-state index in [1.54, 1.807) is 7.11 Å². The van der Waals surface area contributed by atoms with E-state index in [1.807, 2.05) is 72.8 Å². The fraction of sp³-hybridized carbons (Fsp3) is 0.500. The van der Waals surface area contributed by atoms with Crippen LogP contribution in [0.1, 0.15) is 106 Å². The van der Waals surface area contributed by atoms with Gasteiger partial charge in [-0.2, -0.15) is 0 Å². The Morgan fingerprint density at radius 1 is 0.914 bits per heavy atom. The van der Waals surface area contributed by atoms with Crippen LogP contribution in [0.15, 0.2) is 145 Å². The lowest BCUT2D eigenvalue weighted by Gasteiger charge is -2.40. The summed E-state index contributed by atoms with van der Waals surface area (Å²) in [6.07, 6.45) is 18.5. The van der Waals surface area contributed by atoms with Crippen molar-refractivity contribution in [1.82, 2.24) is 0 Å². The molecule has 0 saturated heterocycles. The van der Waals surface area contributed by atoms with Crippen LogP contribution in [0, 0.1) is 17.8 Å². The van der Waals surface area contributed by atoms with Crippen molar-refractivity contribution in [3.8, 4) is 17.6 Å². The molecular formula is C60H84O8Si2. The molecule has 380 valence electrons. The largest absolute Gasteiger partial charge is 0.497 e. The molecule has 0 fully saturated rings. The van der Waals surface area contributed by atoms with E-state index < -0.39 is 28.6 Å². The van der Waals surface area contributed by atoms with Crippen LogP contribution >= 0.6 is 0 Å². The normalized spacial score (nSPS) is 19.8. The minimum Gasteiger partial charge on any atom is -0.497 e. The molecule has 70 heavy (non-hydrogen) atoms. The molecule has 1 unspecified atom stereocenters. The molecule has 0 aromatic heterocycles. The molecule has 2 heterocycles. The van der Waals surface area contributed by atoms with Crippen molar-refractivity contribution in [2.24, 2.45) is 5.92 Å². The molecule has 2 aliphatic rings. The molecule has 0 saturated carbocycles. The van der Waals surface area contributed by atoms with E-state index >= 15 is 0 Å². The quantitative estimate of drug-likeness (QED) is 0.0540. The zero-order valence-electron chi connectivity index (χ0n) is 44.2. The average molecular weight is 989 g/mol. The van der Waals surface area contributed by atoms with Crippen LogP contribution in [-0.2, 0) is 34.1 Å². The van der Waals surface area contributed by atoms with Crippen molar-refractivity contribution >= 4 is 27.3 Å². The number of methoxy groups -OCH3 is 1. The van der Waals surface area contributed by atoms with Gasteiger partial charge in [-0.3, -0.25) is 0 Å². The first kappa shape index (κ1) is 56.8. The van der Waals surface area contributed by atoms with Gasteiger partial charge in [-0.15, -0.1) is 0 Å². The first-order chi connectivity index (χ1) is 33.2. The monoisotopic (exact) mass is 989 g/mol. The van der Waals surface area contributed by atoms with Gasteiger partial charge in [-0.25, -0.2) is 0 Å². The SMILES string of the molecule is C=C(CC(O)/C=C/C[C@H](OCc1ccc(OC)cc1)[C@H](/C=C/[C@@H]1CC(C)=CCO1)O[Si](C)(C)C(C)(C)C)C[C@H](C)C[C@@H]1CC=C[C@@H](CC#CCO[Si](OC(C)(C)C)(c2ccccc2)c2ccccc2)O1. The smallest absolute Gasteiger partial charge is 0.408 e. The number of aliphatic hydroxyl groups is 1. The molecule has 0 radical (unpaired) electrons. The van der Waals surface area contributed by atoms with Crippen molar-refractivity contribution in [2.75, 3.05) is 20.3 Å². The molecule has 0 amide bonds. The molecule has 0 spiro atoms. The van der Waals surface area contributed by atoms with Gasteiger partial charge in [0.1, 0.15) is 5.75 Å². The Labute approximate surface area is 424 Å². The summed E-state index contributed by atoms with van der Waals surface area (Å²) in [4.78, 5) is 0. The number of hydrogen-bond acceptors (Lipinski definition) is 8. The Morgan fingerprint density at radius 2 is 1.59 bits per heavy atom. The molecule has 0 bridgehead atoms. The fourth-order valence-electron chi connectivity index (χ4n) is 8.54. The lowest BCUT2D eigenvalue weighted by Crippen LogP contribution is -2.65. The summed E-state index contributed by atoms with van der Waals surface area (Å²) in [5, 5.41) is 13.4. The van der Waals surface area contributed by atoms with Gasteiger partial charge in [-0.05, 0) is 118 Å². The third-order valence-electron chi connectivity index (χ3n) is 13.2. The highest BCUT2D eigenvalue weighted by atomic mass is 28.4. The first-order valence-corrected chi connectivity index (χ1v) is 30.1. The number of aliphatic hydroxyl groups excluding tert-OH is 1. The Bertz CT molecular complexity index is 2190. The zero-order valence-corrected chi connectivity index (χ0v) is 46.2. The van der Waals surface area contributed by atoms with Gasteiger partial charge in [0.15, 0.2) is 8.32 Å². The summed E-state index contributed by atoms with van der Waals surface area (Å²) in [5.74, 6) is 7.78. The van der Waals surface area contributed by atoms with Crippen LogP contribution in [0.4, 0.5) is 0 Å². The lowest BCUT2D eigenvalue weighted by atomic mass is 9.91. The highest BCUT2D eigenvalue weighted by molar-refractivity contribution is 6.92. The summed E-state index contributed by atoms with van der Waals surface area (Å²) in [7, 11) is -3.63. The highest BCUT2D eigenvalue weighted by Crippen LogP contribution is 2.38. The predicted molar refractivity (Wildman–Crippen MR) is 292 cm³/mol. The van der Waals surface area contributed by atoms with Crippen molar-refractivity contribution in [3.05, 3.63) is 151 Å². The second-order valence-electron chi connectivity index (χ2n) is 21.7. The minimum atomic E-state index is -3.07. The van der Waals surface area contributed by atoms with Gasteiger partial charge >= 0.3 is 8.56 Å². The topological polar surface area (TPSA) is 84.8 Å². The van der Waals surface area contributed by atoms with Gasteiger partial charge in [-0.1, -0.05) is 173 Å². The molecule has 10 heteroatoms. The third-order valence-corrected chi connectivity index (χ3v) is 21.3. The lowest BCUT2D eigenvalue weighted by molar-refractivity contribution is -0.0204. The van der Waals surface area contributed by atoms with Gasteiger partial charge < -0.3 is 37.3 Å². The molecule has 1 N–H and O–H groups in total. The summed E-state index contributed by atoms with van der Waals surface area (Å²) < 4.78 is 45.5. The zero-order chi connectivity index (χ0) is 50.8. The van der Waals surface area contributed by atoms with Crippen LogP contribution in [0.5, 0.6) is 5.75 Å². The summed E-state index contributed by atoms with van der Waals surface area (Å²) in [6, 6.07) is 28.6. The van der Waals surface area contributed by atoms with Crippen LogP contribution in [0.3, 0.4) is 0 Å². The number of benzene rings is 3. The summed E-state index contributed by atoms with van der Waals surface area (Å²) in [6.45, 7) is 27.6. The second-order valence-corrected chi connectivity index (χ2v) is 29.3. The average Bonchev–Trinajstić information content (AvgIpc) is 3.31. The Hall–Kier alpha value is -4.13. The Balaban J connectivity index is 1.15. The molecule has 3 aromatic rings. The molecule has 3 aromatic carbocycles. The molecule has 5 rings (SSSR count). The summed E-state index contributed by atoms with van der Waals surface area (Å²) >= 11 is 0. The second kappa shape index (κ2) is 27.1. The highest BCUT2D eigenvalue weighted by Gasteiger charge is 2.46. The Kier molecular flexibility index (Phi) is 22.0. The molecule has 7 atom stereocenters. The van der Waals surface area contributed by atoms with Gasteiger partial charge in [0.25, 0.3) is 0 Å². The van der Waals surface area contributed by atoms with Crippen molar-refractivity contribution in [1.29, 1.82) is 0 Å². The number of rotatable bonds is 24. The van der Waals surface area contributed by atoms with E-state index in [9.17, 15) is 5.11 Å². The minimum absolute atomic E-state index is 0.000455. The summed E-state index contributed by atoms with van der Waals surface area (Å²) in [5.41, 5.74) is 2.97. The maximum Gasteiger partial charge on any atom is 0.408 e. The number of hydrogen-bond donors (Lipinski definition) is 1. The predicted octanol–water partition coefficient (Wildman–Crippen LogP) is 12.1. The van der Waals surface area contributed by atoms with E-state index in [0.29, 0.717) is 38.4 Å². The van der Waals surface area contributed by atoms with Gasteiger partial charge in [0.2, 0.25) is 0 Å². The van der Waals surface area contributed by atoms with E-state index in [-0.39, 0.29) is 42.2 Å². The van der Waals surface area contributed by atoms with Crippen LogP contribution in [-0.4, -0.2) is 84.5 Å². The van der Waals surface area contributed by atoms with Crippen LogP contribution in [0.2, 0.25) is 18.1 Å². The van der Waals surface area contributed by atoms with E-state index in [0.717, 1.165) is 52.9 Å². The maximum absolute atomic E-state index is 11.3. The number of ether oxygens (including phenoxy) is 4. The van der Waals surface area contributed by atoms with Gasteiger partial charge in [0.05, 0.1) is 69.2 Å². The van der Waals surface area contributed by atoms with Crippen molar-refractivity contribution < 1.29 is 37.3 Å². The molecule has 2 aliphatic heterocycles.